The lowest BCUT2D eigenvalue weighted by Gasteiger charge is -2.21. The van der Waals surface area contributed by atoms with E-state index in [1.807, 2.05) is 13.8 Å². The van der Waals surface area contributed by atoms with Gasteiger partial charge >= 0.3 is 5.97 Å². The summed E-state index contributed by atoms with van der Waals surface area (Å²) in [7, 11) is 0. The summed E-state index contributed by atoms with van der Waals surface area (Å²) in [5.74, 6) is -1.61. The van der Waals surface area contributed by atoms with E-state index in [1.165, 1.54) is 16.2 Å². The van der Waals surface area contributed by atoms with Crippen LogP contribution in [0.15, 0.2) is 17.5 Å². The molecule has 3 N–H and O–H groups in total. The number of carboxylic acids is 1. The predicted molar refractivity (Wildman–Crippen MR) is 78.8 cm³/mol. The van der Waals surface area contributed by atoms with E-state index in [1.54, 1.807) is 17.5 Å². The van der Waals surface area contributed by atoms with Gasteiger partial charge in [-0.05, 0) is 17.4 Å². The molecule has 116 valence electrons. The fourth-order valence-corrected chi connectivity index (χ4v) is 2.35. The van der Waals surface area contributed by atoms with Crippen molar-refractivity contribution in [3.05, 3.63) is 22.4 Å². The molecule has 8 heteroatoms. The van der Waals surface area contributed by atoms with Crippen LogP contribution in [-0.4, -0.2) is 47.4 Å². The zero-order chi connectivity index (χ0) is 15.8. The van der Waals surface area contributed by atoms with E-state index in [0.717, 1.165) is 0 Å². The molecule has 7 nitrogen and oxygen atoms in total. The molecule has 0 aliphatic rings. The van der Waals surface area contributed by atoms with Crippen LogP contribution in [0.3, 0.4) is 0 Å². The van der Waals surface area contributed by atoms with Gasteiger partial charge in [-0.1, -0.05) is 19.9 Å². The van der Waals surface area contributed by atoms with E-state index in [-0.39, 0.29) is 19.0 Å². The second-order valence-electron chi connectivity index (χ2n) is 4.94. The molecule has 0 unspecified atom stereocenters. The number of aliphatic carboxylic acids is 1. The van der Waals surface area contributed by atoms with Crippen LogP contribution in [0.5, 0.6) is 0 Å². The number of rotatable bonds is 7. The number of carboxylic acid groups (broad SMARTS) is 1. The average molecular weight is 313 g/mol. The number of carbonyl (C=O) groups excluding carboxylic acids is 2. The first kappa shape index (κ1) is 17.1. The van der Waals surface area contributed by atoms with Crippen molar-refractivity contribution in [3.63, 3.8) is 0 Å². The lowest BCUT2D eigenvalue weighted by molar-refractivity contribution is -0.138. The third kappa shape index (κ3) is 6.87. The van der Waals surface area contributed by atoms with Crippen molar-refractivity contribution in [1.29, 1.82) is 0 Å². The highest BCUT2D eigenvalue weighted by Gasteiger charge is 2.16. The molecule has 0 aliphatic heterocycles. The lowest BCUT2D eigenvalue weighted by Crippen LogP contribution is -2.47. The van der Waals surface area contributed by atoms with Crippen LogP contribution in [0, 0.1) is 5.92 Å². The third-order valence-corrected chi connectivity index (χ3v) is 3.28. The molecular weight excluding hydrogens is 294 g/mol. The van der Waals surface area contributed by atoms with Gasteiger partial charge in [-0.15, -0.1) is 11.3 Å². The van der Waals surface area contributed by atoms with Crippen LogP contribution < -0.4 is 10.9 Å². The Morgan fingerprint density at radius 1 is 1.29 bits per heavy atom. The maximum atomic E-state index is 11.7. The Labute approximate surface area is 126 Å². The van der Waals surface area contributed by atoms with Gasteiger partial charge < -0.3 is 5.11 Å². The third-order valence-electron chi connectivity index (χ3n) is 2.41. The van der Waals surface area contributed by atoms with Crippen molar-refractivity contribution in [2.24, 2.45) is 5.92 Å². The van der Waals surface area contributed by atoms with Gasteiger partial charge in [-0.3, -0.25) is 30.1 Å². The number of nitrogens with zero attached hydrogens (tertiary/aromatic N) is 1. The lowest BCUT2D eigenvalue weighted by atomic mass is 10.2. The maximum absolute atomic E-state index is 11.7. The Morgan fingerprint density at radius 2 is 2.00 bits per heavy atom. The summed E-state index contributed by atoms with van der Waals surface area (Å²) in [6.07, 6.45) is 0. The molecule has 0 atom stereocenters. The van der Waals surface area contributed by atoms with Crippen LogP contribution in [0.25, 0.3) is 0 Å². The zero-order valence-corrected chi connectivity index (χ0v) is 12.8. The Morgan fingerprint density at radius 3 is 2.52 bits per heavy atom. The van der Waals surface area contributed by atoms with Gasteiger partial charge in [0, 0.05) is 6.54 Å². The quantitative estimate of drug-likeness (QED) is 0.639. The minimum Gasteiger partial charge on any atom is -0.480 e. The van der Waals surface area contributed by atoms with Crippen molar-refractivity contribution in [3.8, 4) is 0 Å². The van der Waals surface area contributed by atoms with Gasteiger partial charge in [-0.25, -0.2) is 0 Å². The highest BCUT2D eigenvalue weighted by molar-refractivity contribution is 7.12. The molecule has 0 saturated carbocycles. The van der Waals surface area contributed by atoms with Crippen molar-refractivity contribution in [1.82, 2.24) is 15.8 Å². The number of thiophene rings is 1. The number of hydrogen-bond acceptors (Lipinski definition) is 5. The standard InChI is InChI=1S/C13H19N3O4S/c1-9(2)6-16(8-12(18)19)7-11(17)14-15-13(20)10-4-3-5-21-10/h3-5,9H,6-8H2,1-2H3,(H,14,17)(H,15,20)(H,18,19). The van der Waals surface area contributed by atoms with Crippen molar-refractivity contribution < 1.29 is 19.5 Å². The largest absolute Gasteiger partial charge is 0.480 e. The van der Waals surface area contributed by atoms with Gasteiger partial charge in [-0.2, -0.15) is 0 Å². The minimum atomic E-state index is -0.994. The Balaban J connectivity index is 2.42. The fourth-order valence-electron chi connectivity index (χ4n) is 1.73. The summed E-state index contributed by atoms with van der Waals surface area (Å²) in [5, 5.41) is 10.6. The smallest absolute Gasteiger partial charge is 0.317 e. The molecule has 0 saturated heterocycles. The van der Waals surface area contributed by atoms with Crippen LogP contribution in [0.2, 0.25) is 0 Å². The van der Waals surface area contributed by atoms with Gasteiger partial charge in [0.15, 0.2) is 0 Å². The summed E-state index contributed by atoms with van der Waals surface area (Å²) in [4.78, 5) is 36.1. The number of carbonyl (C=O) groups is 3. The first-order valence-corrected chi connectivity index (χ1v) is 7.33. The highest BCUT2D eigenvalue weighted by atomic mass is 32.1. The molecule has 0 fully saturated rings. The summed E-state index contributed by atoms with van der Waals surface area (Å²) in [6, 6.07) is 3.38. The van der Waals surface area contributed by atoms with Gasteiger partial charge in [0.1, 0.15) is 0 Å². The maximum Gasteiger partial charge on any atom is 0.317 e. The number of hydrogen-bond donors (Lipinski definition) is 3. The van der Waals surface area contributed by atoms with E-state index in [2.05, 4.69) is 10.9 Å². The molecule has 0 bridgehead atoms. The zero-order valence-electron chi connectivity index (χ0n) is 12.0. The molecule has 1 aromatic heterocycles. The SMILES string of the molecule is CC(C)CN(CC(=O)O)CC(=O)NNC(=O)c1cccs1. The van der Waals surface area contributed by atoms with E-state index in [9.17, 15) is 14.4 Å². The summed E-state index contributed by atoms with van der Waals surface area (Å²) < 4.78 is 0. The van der Waals surface area contributed by atoms with Crippen LogP contribution >= 0.6 is 11.3 Å². The fraction of sp³-hybridized carbons (Fsp3) is 0.462. The van der Waals surface area contributed by atoms with Crippen molar-refractivity contribution in [2.75, 3.05) is 19.6 Å². The van der Waals surface area contributed by atoms with Crippen LogP contribution in [0.4, 0.5) is 0 Å². The molecule has 1 rings (SSSR count). The highest BCUT2D eigenvalue weighted by Crippen LogP contribution is 2.07. The van der Waals surface area contributed by atoms with Crippen LogP contribution in [0.1, 0.15) is 23.5 Å². The minimum absolute atomic E-state index is 0.0881. The van der Waals surface area contributed by atoms with Crippen molar-refractivity contribution in [2.45, 2.75) is 13.8 Å². The summed E-state index contributed by atoms with van der Waals surface area (Å²) in [5.41, 5.74) is 4.58. The molecule has 0 spiro atoms. The van der Waals surface area contributed by atoms with Crippen molar-refractivity contribution >= 4 is 29.1 Å². The Bertz CT molecular complexity index is 488. The normalized spacial score (nSPS) is 10.7. The van der Waals surface area contributed by atoms with E-state index < -0.39 is 17.8 Å². The van der Waals surface area contributed by atoms with Gasteiger partial charge in [0.25, 0.3) is 11.8 Å². The Kier molecular flexibility index (Phi) is 6.83. The van der Waals surface area contributed by atoms with E-state index in [0.29, 0.717) is 11.4 Å². The van der Waals surface area contributed by atoms with Gasteiger partial charge in [0.2, 0.25) is 0 Å². The van der Waals surface area contributed by atoms with Crippen LogP contribution in [-0.2, 0) is 9.59 Å². The summed E-state index contributed by atoms with van der Waals surface area (Å²) >= 11 is 1.26. The first-order chi connectivity index (χ1) is 9.88. The Hall–Kier alpha value is -1.93. The van der Waals surface area contributed by atoms with Gasteiger partial charge in [0.05, 0.1) is 18.0 Å². The molecule has 0 radical (unpaired) electrons. The topological polar surface area (TPSA) is 98.7 Å². The van der Waals surface area contributed by atoms with E-state index >= 15 is 0 Å². The predicted octanol–water partition coefficient (Wildman–Crippen LogP) is 0.552. The number of hydrazine groups is 1. The number of nitrogens with one attached hydrogen (secondary N) is 2. The second-order valence-corrected chi connectivity index (χ2v) is 5.88. The monoisotopic (exact) mass is 313 g/mol. The average Bonchev–Trinajstić information content (AvgIpc) is 2.88. The number of amides is 2. The molecule has 2 amide bonds. The summed E-state index contributed by atoms with van der Waals surface area (Å²) in [6.45, 7) is 4.05. The van der Waals surface area contributed by atoms with E-state index in [4.69, 9.17) is 5.11 Å². The molecule has 1 heterocycles. The second kappa shape index (κ2) is 8.38. The molecule has 21 heavy (non-hydrogen) atoms. The first-order valence-electron chi connectivity index (χ1n) is 6.45. The molecule has 0 aromatic carbocycles. The molecule has 0 aliphatic carbocycles. The molecule has 1 aromatic rings. The molecular formula is C13H19N3O4S.